The van der Waals surface area contributed by atoms with Crippen molar-refractivity contribution >= 4 is 28.5 Å². The molecule has 0 aliphatic rings. The van der Waals surface area contributed by atoms with E-state index >= 15 is 0 Å². The number of para-hydroxylation sites is 1. The van der Waals surface area contributed by atoms with E-state index in [0.29, 0.717) is 28.7 Å². The summed E-state index contributed by atoms with van der Waals surface area (Å²) in [7, 11) is 1.29. The lowest BCUT2D eigenvalue weighted by molar-refractivity contribution is 0.0600. The summed E-state index contributed by atoms with van der Waals surface area (Å²) in [5.41, 5.74) is 0.491. The molecule has 2 aromatic carbocycles. The molecule has 2 N–H and O–H groups in total. The fourth-order valence-corrected chi connectivity index (χ4v) is 3.51. The number of unbranched alkanes of at least 4 members (excludes halogenated alkanes) is 3. The number of nitrogens with one attached hydrogen (secondary N) is 1. The van der Waals surface area contributed by atoms with Crippen molar-refractivity contribution in [3.05, 3.63) is 70.0 Å². The molecule has 0 unspecified atom stereocenters. The number of aromatic nitrogens is 1. The van der Waals surface area contributed by atoms with Gasteiger partial charge in [-0.1, -0.05) is 38.3 Å². The molecule has 0 radical (unpaired) electrons. The first kappa shape index (κ1) is 22.1. The molecule has 0 aliphatic heterocycles. The third-order valence-electron chi connectivity index (χ3n) is 5.17. The largest absolute Gasteiger partial charge is 0.506 e. The maximum atomic E-state index is 13.2. The molecule has 0 aliphatic carbocycles. The van der Waals surface area contributed by atoms with E-state index in [-0.39, 0.29) is 11.3 Å². The second-order valence-corrected chi connectivity index (χ2v) is 7.28. The maximum Gasteiger partial charge on any atom is 0.337 e. The normalized spacial score (nSPS) is 10.8. The van der Waals surface area contributed by atoms with E-state index < -0.39 is 17.4 Å². The number of aryl methyl sites for hydroxylation is 1. The molecule has 1 heterocycles. The van der Waals surface area contributed by atoms with Gasteiger partial charge in [-0.15, -0.1) is 0 Å². The quantitative estimate of drug-likeness (QED) is 0.416. The zero-order valence-corrected chi connectivity index (χ0v) is 17.7. The lowest BCUT2D eigenvalue weighted by Crippen LogP contribution is -2.30. The van der Waals surface area contributed by atoms with Gasteiger partial charge in [0, 0.05) is 17.6 Å². The Kier molecular flexibility index (Phi) is 7.07. The second-order valence-electron chi connectivity index (χ2n) is 7.28. The van der Waals surface area contributed by atoms with Crippen molar-refractivity contribution in [2.75, 3.05) is 12.4 Å². The third kappa shape index (κ3) is 4.77. The predicted molar refractivity (Wildman–Crippen MR) is 120 cm³/mol. The number of nitrogens with zero attached hydrogens (tertiary/aromatic N) is 1. The predicted octanol–water partition coefficient (Wildman–Crippen LogP) is 4.33. The Morgan fingerprint density at radius 2 is 1.74 bits per heavy atom. The van der Waals surface area contributed by atoms with Crippen molar-refractivity contribution < 1.29 is 19.4 Å². The summed E-state index contributed by atoms with van der Waals surface area (Å²) in [6, 6.07) is 13.1. The van der Waals surface area contributed by atoms with Crippen molar-refractivity contribution in [1.82, 2.24) is 4.57 Å². The molecule has 31 heavy (non-hydrogen) atoms. The van der Waals surface area contributed by atoms with Gasteiger partial charge in [-0.3, -0.25) is 9.59 Å². The van der Waals surface area contributed by atoms with Crippen molar-refractivity contribution in [3.8, 4) is 5.75 Å². The summed E-state index contributed by atoms with van der Waals surface area (Å²) < 4.78 is 6.21. The van der Waals surface area contributed by atoms with E-state index in [9.17, 15) is 19.5 Å². The zero-order chi connectivity index (χ0) is 22.4. The van der Waals surface area contributed by atoms with Crippen molar-refractivity contribution in [2.45, 2.75) is 39.2 Å². The molecule has 162 valence electrons. The number of hydrogen-bond acceptors (Lipinski definition) is 5. The summed E-state index contributed by atoms with van der Waals surface area (Å²) in [6.07, 6.45) is 3.93. The summed E-state index contributed by atoms with van der Waals surface area (Å²) in [5, 5.41) is 13.8. The Labute approximate surface area is 180 Å². The standard InChI is InChI=1S/C24H26N2O5/c1-3-4-5-8-15-26-19-10-7-6-9-18(19)21(27)20(23(26)29)22(28)25-17-13-11-16(12-14-17)24(30)31-2/h6-7,9-14,27H,3-5,8,15H2,1-2H3,(H,25,28). The first-order valence-corrected chi connectivity index (χ1v) is 10.3. The maximum absolute atomic E-state index is 13.2. The molecule has 0 bridgehead atoms. The van der Waals surface area contributed by atoms with Gasteiger partial charge in [-0.05, 0) is 42.8 Å². The van der Waals surface area contributed by atoms with Gasteiger partial charge >= 0.3 is 5.97 Å². The SMILES string of the molecule is CCCCCCn1c(=O)c(C(=O)Nc2ccc(C(=O)OC)cc2)c(O)c2ccccc21. The van der Waals surface area contributed by atoms with E-state index in [1.807, 2.05) is 0 Å². The van der Waals surface area contributed by atoms with Crippen LogP contribution in [-0.4, -0.2) is 28.7 Å². The Hall–Kier alpha value is -3.61. The molecule has 0 saturated heterocycles. The van der Waals surface area contributed by atoms with Crippen LogP contribution in [0.5, 0.6) is 5.75 Å². The summed E-state index contributed by atoms with van der Waals surface area (Å²) in [5.74, 6) is -1.54. The molecule has 3 rings (SSSR count). The van der Waals surface area contributed by atoms with Crippen LogP contribution in [0.1, 0.15) is 53.3 Å². The number of ether oxygens (including phenoxy) is 1. The number of aromatic hydroxyl groups is 1. The number of methoxy groups -OCH3 is 1. The molecule has 0 fully saturated rings. The summed E-state index contributed by atoms with van der Waals surface area (Å²) in [4.78, 5) is 37.6. The van der Waals surface area contributed by atoms with Crippen LogP contribution in [0, 0.1) is 0 Å². The van der Waals surface area contributed by atoms with Gasteiger partial charge in [0.05, 0.1) is 18.2 Å². The van der Waals surface area contributed by atoms with Gasteiger partial charge in [0.1, 0.15) is 11.3 Å². The van der Waals surface area contributed by atoms with Crippen molar-refractivity contribution in [3.63, 3.8) is 0 Å². The Morgan fingerprint density at radius 3 is 2.42 bits per heavy atom. The first-order valence-electron chi connectivity index (χ1n) is 10.3. The van der Waals surface area contributed by atoms with Gasteiger partial charge in [0.2, 0.25) is 0 Å². The first-order chi connectivity index (χ1) is 15.0. The molecule has 7 heteroatoms. The van der Waals surface area contributed by atoms with Crippen LogP contribution in [0.2, 0.25) is 0 Å². The topological polar surface area (TPSA) is 97.6 Å². The molecule has 0 saturated carbocycles. The fourth-order valence-electron chi connectivity index (χ4n) is 3.51. The average Bonchev–Trinajstić information content (AvgIpc) is 2.78. The minimum Gasteiger partial charge on any atom is -0.506 e. The van der Waals surface area contributed by atoms with E-state index in [4.69, 9.17) is 0 Å². The van der Waals surface area contributed by atoms with E-state index in [1.165, 1.54) is 31.4 Å². The van der Waals surface area contributed by atoms with E-state index in [0.717, 1.165) is 25.7 Å². The molecule has 3 aromatic rings. The zero-order valence-electron chi connectivity index (χ0n) is 17.7. The van der Waals surface area contributed by atoms with Crippen LogP contribution in [0.15, 0.2) is 53.3 Å². The molecule has 0 spiro atoms. The molecular formula is C24H26N2O5. The summed E-state index contributed by atoms with van der Waals surface area (Å²) in [6.45, 7) is 2.58. The molecule has 0 atom stereocenters. The number of rotatable bonds is 8. The number of amides is 1. The number of anilines is 1. The number of fused-ring (bicyclic) bond motifs is 1. The van der Waals surface area contributed by atoms with Gasteiger partial charge in [-0.2, -0.15) is 0 Å². The monoisotopic (exact) mass is 422 g/mol. The smallest absolute Gasteiger partial charge is 0.337 e. The lowest BCUT2D eigenvalue weighted by Gasteiger charge is -2.15. The Morgan fingerprint density at radius 1 is 1.03 bits per heavy atom. The molecular weight excluding hydrogens is 396 g/mol. The number of benzene rings is 2. The highest BCUT2D eigenvalue weighted by atomic mass is 16.5. The second kappa shape index (κ2) is 9.93. The van der Waals surface area contributed by atoms with Gasteiger partial charge in [-0.25, -0.2) is 4.79 Å². The highest BCUT2D eigenvalue weighted by molar-refractivity contribution is 6.09. The Balaban J connectivity index is 1.96. The molecule has 1 amide bonds. The van der Waals surface area contributed by atoms with Crippen LogP contribution < -0.4 is 10.9 Å². The van der Waals surface area contributed by atoms with Gasteiger partial charge in [0.25, 0.3) is 11.5 Å². The third-order valence-corrected chi connectivity index (χ3v) is 5.17. The number of pyridine rings is 1. The van der Waals surface area contributed by atoms with Gasteiger partial charge in [0.15, 0.2) is 0 Å². The van der Waals surface area contributed by atoms with Crippen molar-refractivity contribution in [1.29, 1.82) is 0 Å². The van der Waals surface area contributed by atoms with E-state index in [2.05, 4.69) is 17.0 Å². The lowest BCUT2D eigenvalue weighted by atomic mass is 10.1. The van der Waals surface area contributed by atoms with E-state index in [1.54, 1.807) is 28.8 Å². The number of esters is 1. The fraction of sp³-hybridized carbons (Fsp3) is 0.292. The van der Waals surface area contributed by atoms with Crippen LogP contribution in [0.3, 0.4) is 0 Å². The highest BCUT2D eigenvalue weighted by Crippen LogP contribution is 2.27. The van der Waals surface area contributed by atoms with Gasteiger partial charge < -0.3 is 19.7 Å². The van der Waals surface area contributed by atoms with Crippen LogP contribution in [0.4, 0.5) is 5.69 Å². The molecule has 7 nitrogen and oxygen atoms in total. The van der Waals surface area contributed by atoms with Crippen LogP contribution >= 0.6 is 0 Å². The molecule has 1 aromatic heterocycles. The number of carbonyl (C=O) groups is 2. The summed E-state index contributed by atoms with van der Waals surface area (Å²) >= 11 is 0. The number of hydrogen-bond donors (Lipinski definition) is 2. The highest BCUT2D eigenvalue weighted by Gasteiger charge is 2.22. The minimum atomic E-state index is -0.707. The number of carbonyl (C=O) groups excluding carboxylic acids is 2. The van der Waals surface area contributed by atoms with Crippen molar-refractivity contribution in [2.24, 2.45) is 0 Å². The minimum absolute atomic E-state index is 0.300. The van der Waals surface area contributed by atoms with Crippen LogP contribution in [-0.2, 0) is 11.3 Å². The van der Waals surface area contributed by atoms with Crippen LogP contribution in [0.25, 0.3) is 10.9 Å². The average molecular weight is 422 g/mol. The Bertz CT molecular complexity index is 1150.